The largest absolute Gasteiger partial charge is 0.416 e. The van der Waals surface area contributed by atoms with Gasteiger partial charge in [-0.05, 0) is 23.3 Å². The molecule has 0 aliphatic carbocycles. The van der Waals surface area contributed by atoms with Gasteiger partial charge in [0, 0.05) is 6.42 Å². The molecule has 5 heteroatoms. The van der Waals surface area contributed by atoms with Crippen LogP contribution in [0.3, 0.4) is 0 Å². The second-order valence-corrected chi connectivity index (χ2v) is 4.55. The summed E-state index contributed by atoms with van der Waals surface area (Å²) in [4.78, 5) is 0. The van der Waals surface area contributed by atoms with Crippen LogP contribution in [0.2, 0.25) is 5.02 Å². The Balaban J connectivity index is 2.42. The second kappa shape index (κ2) is 5.13. The minimum atomic E-state index is -4.37. The Hall–Kier alpha value is -1.68. The quantitative estimate of drug-likeness (QED) is 0.806. The van der Waals surface area contributed by atoms with Gasteiger partial charge in [0.1, 0.15) is 0 Å². The lowest BCUT2D eigenvalue weighted by Gasteiger charge is -2.14. The molecule has 0 aromatic heterocycles. The van der Waals surface area contributed by atoms with Gasteiger partial charge in [-0.15, -0.1) is 0 Å². The van der Waals surface area contributed by atoms with Gasteiger partial charge in [0.15, 0.2) is 0 Å². The van der Waals surface area contributed by atoms with E-state index in [2.05, 4.69) is 0 Å². The van der Waals surface area contributed by atoms with Crippen molar-refractivity contribution >= 4 is 17.3 Å². The van der Waals surface area contributed by atoms with Crippen LogP contribution in [0.4, 0.5) is 18.9 Å². The van der Waals surface area contributed by atoms with E-state index in [0.29, 0.717) is 16.3 Å². The van der Waals surface area contributed by atoms with E-state index in [1.807, 2.05) is 0 Å². The first kappa shape index (κ1) is 13.7. The van der Waals surface area contributed by atoms with Crippen LogP contribution in [0.25, 0.3) is 0 Å². The van der Waals surface area contributed by atoms with Crippen molar-refractivity contribution in [3.05, 3.63) is 64.2 Å². The molecule has 1 nitrogen and oxygen atoms in total. The van der Waals surface area contributed by atoms with Crippen LogP contribution >= 0.6 is 11.6 Å². The minimum absolute atomic E-state index is 0.0993. The average Bonchev–Trinajstić information content (AvgIpc) is 2.34. The molecule has 0 fully saturated rings. The first-order valence-corrected chi connectivity index (χ1v) is 5.95. The number of nitrogens with two attached hydrogens (primary N) is 1. The Morgan fingerprint density at radius 2 is 1.58 bits per heavy atom. The Morgan fingerprint density at radius 3 is 2.26 bits per heavy atom. The van der Waals surface area contributed by atoms with Crippen LogP contribution in [-0.4, -0.2) is 0 Å². The Labute approximate surface area is 113 Å². The summed E-state index contributed by atoms with van der Waals surface area (Å²) < 4.78 is 38.6. The van der Waals surface area contributed by atoms with Gasteiger partial charge in [-0.3, -0.25) is 0 Å². The number of hydrogen-bond acceptors (Lipinski definition) is 1. The fourth-order valence-corrected chi connectivity index (χ4v) is 2.09. The number of benzene rings is 2. The van der Waals surface area contributed by atoms with E-state index in [0.717, 1.165) is 6.07 Å². The Kier molecular flexibility index (Phi) is 3.71. The van der Waals surface area contributed by atoms with Crippen molar-refractivity contribution in [1.82, 2.24) is 0 Å². The second-order valence-electron chi connectivity index (χ2n) is 4.14. The molecule has 2 N–H and O–H groups in total. The average molecular weight is 286 g/mol. The molecule has 0 bridgehead atoms. The van der Waals surface area contributed by atoms with Crippen LogP contribution in [0.5, 0.6) is 0 Å². The first-order valence-electron chi connectivity index (χ1n) is 5.57. The molecule has 0 aliphatic rings. The number of alkyl halides is 3. The number of rotatable bonds is 2. The molecule has 0 saturated heterocycles. The van der Waals surface area contributed by atoms with Crippen molar-refractivity contribution in [1.29, 1.82) is 0 Å². The Bertz CT molecular complexity index is 593. The van der Waals surface area contributed by atoms with Gasteiger partial charge in [0.2, 0.25) is 0 Å². The van der Waals surface area contributed by atoms with Gasteiger partial charge in [-0.25, -0.2) is 0 Å². The SMILES string of the molecule is Nc1c(Cl)cccc1Cc1ccccc1C(F)(F)F. The topological polar surface area (TPSA) is 26.0 Å². The molecule has 0 amide bonds. The van der Waals surface area contributed by atoms with E-state index in [-0.39, 0.29) is 12.0 Å². The third-order valence-electron chi connectivity index (χ3n) is 2.85. The summed E-state index contributed by atoms with van der Waals surface area (Å²) in [5.74, 6) is 0. The molecule has 2 aromatic carbocycles. The fraction of sp³-hybridized carbons (Fsp3) is 0.143. The maximum atomic E-state index is 12.9. The fourth-order valence-electron chi connectivity index (χ4n) is 1.89. The van der Waals surface area contributed by atoms with Crippen LogP contribution in [0, 0.1) is 0 Å². The van der Waals surface area contributed by atoms with Crippen LogP contribution in [0.15, 0.2) is 42.5 Å². The van der Waals surface area contributed by atoms with Gasteiger partial charge in [-0.1, -0.05) is 41.9 Å². The highest BCUT2D eigenvalue weighted by molar-refractivity contribution is 6.33. The summed E-state index contributed by atoms with van der Waals surface area (Å²) in [6.45, 7) is 0. The van der Waals surface area contributed by atoms with E-state index in [1.54, 1.807) is 24.3 Å². The number of halogens is 4. The molecule has 2 aromatic rings. The normalized spacial score (nSPS) is 11.6. The number of anilines is 1. The minimum Gasteiger partial charge on any atom is -0.397 e. The van der Waals surface area contributed by atoms with Gasteiger partial charge < -0.3 is 5.73 Å². The maximum absolute atomic E-state index is 12.9. The van der Waals surface area contributed by atoms with E-state index >= 15 is 0 Å². The van der Waals surface area contributed by atoms with Crippen molar-refractivity contribution in [3.8, 4) is 0 Å². The number of hydrogen-bond donors (Lipinski definition) is 1. The highest BCUT2D eigenvalue weighted by Crippen LogP contribution is 2.34. The van der Waals surface area contributed by atoms with E-state index < -0.39 is 11.7 Å². The molecule has 2 rings (SSSR count). The van der Waals surface area contributed by atoms with Gasteiger partial charge in [0.05, 0.1) is 16.3 Å². The van der Waals surface area contributed by atoms with Crippen LogP contribution in [0.1, 0.15) is 16.7 Å². The predicted octanol–water partition coefficient (Wildman–Crippen LogP) is 4.53. The van der Waals surface area contributed by atoms with Crippen LogP contribution in [-0.2, 0) is 12.6 Å². The summed E-state index contributed by atoms with van der Waals surface area (Å²) in [5, 5.41) is 0.349. The van der Waals surface area contributed by atoms with Crippen LogP contribution < -0.4 is 5.73 Å². The summed E-state index contributed by atoms with van der Waals surface area (Å²) in [6.07, 6.45) is -4.27. The number of para-hydroxylation sites is 1. The monoisotopic (exact) mass is 285 g/mol. The molecule has 0 spiro atoms. The van der Waals surface area contributed by atoms with Gasteiger partial charge >= 0.3 is 6.18 Å². The molecule has 0 atom stereocenters. The lowest BCUT2D eigenvalue weighted by Crippen LogP contribution is -2.09. The van der Waals surface area contributed by atoms with E-state index in [1.165, 1.54) is 12.1 Å². The molecular formula is C14H11ClF3N. The zero-order valence-electron chi connectivity index (χ0n) is 9.84. The molecule has 0 saturated carbocycles. The zero-order valence-corrected chi connectivity index (χ0v) is 10.6. The van der Waals surface area contributed by atoms with Crippen molar-refractivity contribution in [2.45, 2.75) is 12.6 Å². The third-order valence-corrected chi connectivity index (χ3v) is 3.18. The van der Waals surface area contributed by atoms with E-state index in [9.17, 15) is 13.2 Å². The maximum Gasteiger partial charge on any atom is 0.416 e. The van der Waals surface area contributed by atoms with Crippen molar-refractivity contribution in [3.63, 3.8) is 0 Å². The summed E-state index contributed by atoms with van der Waals surface area (Å²) in [7, 11) is 0. The molecule has 100 valence electrons. The third kappa shape index (κ3) is 3.01. The smallest absolute Gasteiger partial charge is 0.397 e. The zero-order chi connectivity index (χ0) is 14.0. The molecule has 19 heavy (non-hydrogen) atoms. The van der Waals surface area contributed by atoms with Crippen molar-refractivity contribution < 1.29 is 13.2 Å². The van der Waals surface area contributed by atoms with Gasteiger partial charge in [0.25, 0.3) is 0 Å². The van der Waals surface area contributed by atoms with Gasteiger partial charge in [-0.2, -0.15) is 13.2 Å². The highest BCUT2D eigenvalue weighted by atomic mass is 35.5. The molecular weight excluding hydrogens is 275 g/mol. The number of nitrogen functional groups attached to an aromatic ring is 1. The lowest BCUT2D eigenvalue weighted by atomic mass is 9.98. The summed E-state index contributed by atoms with van der Waals surface area (Å²) in [6, 6.07) is 10.4. The first-order chi connectivity index (χ1) is 8.89. The lowest BCUT2D eigenvalue weighted by molar-refractivity contribution is -0.138. The highest BCUT2D eigenvalue weighted by Gasteiger charge is 2.32. The van der Waals surface area contributed by atoms with Crippen molar-refractivity contribution in [2.75, 3.05) is 5.73 Å². The molecule has 0 aliphatic heterocycles. The van der Waals surface area contributed by atoms with E-state index in [4.69, 9.17) is 17.3 Å². The predicted molar refractivity (Wildman–Crippen MR) is 70.1 cm³/mol. The molecule has 0 unspecified atom stereocenters. The summed E-state index contributed by atoms with van der Waals surface area (Å²) in [5.41, 5.74) is 6.22. The molecule has 0 heterocycles. The summed E-state index contributed by atoms with van der Waals surface area (Å²) >= 11 is 5.86. The Morgan fingerprint density at radius 1 is 0.947 bits per heavy atom. The standard InChI is InChI=1S/C14H11ClF3N/c15-12-7-3-5-10(13(12)19)8-9-4-1-2-6-11(9)14(16,17)18/h1-7H,8,19H2. The van der Waals surface area contributed by atoms with Crippen molar-refractivity contribution in [2.24, 2.45) is 0 Å². The molecule has 0 radical (unpaired) electrons.